The molecule has 2 N–H and O–H groups in total. The standard InChI is InChI=1S/C17H33NO3S2/c1-3-4-5-6-7-8-9-10-11-12-13-22-23-14-16(17(20)21)18-15(2)19/h16H,3-14H2,1-2H3,(H,18,19)(H,20,21)/t16-/m0/s1. The van der Waals surface area contributed by atoms with Crippen LogP contribution < -0.4 is 5.32 Å². The van der Waals surface area contributed by atoms with Crippen molar-refractivity contribution in [1.29, 1.82) is 0 Å². The highest BCUT2D eigenvalue weighted by Crippen LogP contribution is 2.24. The van der Waals surface area contributed by atoms with E-state index in [2.05, 4.69) is 12.2 Å². The Hall–Kier alpha value is -0.360. The number of nitrogens with one attached hydrogen (secondary N) is 1. The van der Waals surface area contributed by atoms with Crippen molar-refractivity contribution in [3.8, 4) is 0 Å². The van der Waals surface area contributed by atoms with Crippen LogP contribution in [0.4, 0.5) is 0 Å². The van der Waals surface area contributed by atoms with Crippen LogP contribution in [0.3, 0.4) is 0 Å². The summed E-state index contributed by atoms with van der Waals surface area (Å²) in [5.41, 5.74) is 0. The molecule has 136 valence electrons. The predicted octanol–water partition coefficient (Wildman–Crippen LogP) is 4.88. The van der Waals surface area contributed by atoms with Gasteiger partial charge in [-0.05, 0) is 6.42 Å². The molecular formula is C17H33NO3S2. The summed E-state index contributed by atoms with van der Waals surface area (Å²) in [7, 11) is 3.24. The molecule has 0 fully saturated rings. The van der Waals surface area contributed by atoms with E-state index >= 15 is 0 Å². The van der Waals surface area contributed by atoms with Gasteiger partial charge in [0.1, 0.15) is 6.04 Å². The minimum atomic E-state index is -0.966. The summed E-state index contributed by atoms with van der Waals surface area (Å²) in [6.45, 7) is 3.59. The van der Waals surface area contributed by atoms with E-state index in [9.17, 15) is 9.59 Å². The first-order chi connectivity index (χ1) is 11.1. The predicted molar refractivity (Wildman–Crippen MR) is 102 cm³/mol. The third-order valence-corrected chi connectivity index (χ3v) is 6.07. The number of unbranched alkanes of at least 4 members (excludes halogenated alkanes) is 9. The summed E-state index contributed by atoms with van der Waals surface area (Å²) in [6.07, 6.45) is 13.3. The Labute approximate surface area is 149 Å². The number of hydrogen-bond acceptors (Lipinski definition) is 4. The van der Waals surface area contributed by atoms with Gasteiger partial charge in [0.25, 0.3) is 0 Å². The van der Waals surface area contributed by atoms with E-state index in [4.69, 9.17) is 5.11 Å². The van der Waals surface area contributed by atoms with Crippen LogP contribution in [0, 0.1) is 0 Å². The van der Waals surface area contributed by atoms with Gasteiger partial charge in [0.2, 0.25) is 5.91 Å². The molecule has 0 heterocycles. The Morgan fingerprint density at radius 2 is 1.43 bits per heavy atom. The van der Waals surface area contributed by atoms with E-state index < -0.39 is 12.0 Å². The van der Waals surface area contributed by atoms with Gasteiger partial charge in [-0.2, -0.15) is 0 Å². The largest absolute Gasteiger partial charge is 0.480 e. The second kappa shape index (κ2) is 16.5. The lowest BCUT2D eigenvalue weighted by molar-refractivity contribution is -0.140. The molecule has 1 atom stereocenters. The lowest BCUT2D eigenvalue weighted by atomic mass is 10.1. The van der Waals surface area contributed by atoms with Crippen LogP contribution in [0.5, 0.6) is 0 Å². The van der Waals surface area contributed by atoms with Gasteiger partial charge in [0.15, 0.2) is 0 Å². The van der Waals surface area contributed by atoms with Gasteiger partial charge in [0, 0.05) is 18.4 Å². The molecule has 0 aromatic rings. The van der Waals surface area contributed by atoms with Gasteiger partial charge < -0.3 is 10.4 Å². The molecule has 0 saturated carbocycles. The van der Waals surface area contributed by atoms with E-state index in [1.807, 2.05) is 0 Å². The number of amides is 1. The second-order valence-electron chi connectivity index (χ2n) is 5.88. The van der Waals surface area contributed by atoms with Crippen molar-refractivity contribution in [3.63, 3.8) is 0 Å². The fourth-order valence-corrected chi connectivity index (χ4v) is 4.55. The summed E-state index contributed by atoms with van der Waals surface area (Å²) in [5.74, 6) is 0.204. The second-order valence-corrected chi connectivity index (χ2v) is 8.51. The first kappa shape index (κ1) is 22.6. The van der Waals surface area contributed by atoms with E-state index in [1.54, 1.807) is 10.8 Å². The maximum Gasteiger partial charge on any atom is 0.327 e. The molecule has 0 aromatic heterocycles. The molecule has 0 aliphatic heterocycles. The number of carbonyl (C=O) groups excluding carboxylic acids is 1. The lowest BCUT2D eigenvalue weighted by Crippen LogP contribution is -2.41. The van der Waals surface area contributed by atoms with Gasteiger partial charge in [-0.1, -0.05) is 86.3 Å². The molecule has 23 heavy (non-hydrogen) atoms. The zero-order valence-corrected chi connectivity index (χ0v) is 16.3. The van der Waals surface area contributed by atoms with E-state index in [1.165, 1.54) is 81.9 Å². The molecule has 0 bridgehead atoms. The maximum absolute atomic E-state index is 10.9. The maximum atomic E-state index is 10.9. The third-order valence-electron chi connectivity index (χ3n) is 3.57. The zero-order valence-electron chi connectivity index (χ0n) is 14.6. The quantitative estimate of drug-likeness (QED) is 0.302. The van der Waals surface area contributed by atoms with Gasteiger partial charge in [-0.15, -0.1) is 0 Å². The van der Waals surface area contributed by atoms with Crippen LogP contribution in [0.25, 0.3) is 0 Å². The van der Waals surface area contributed by atoms with E-state index in [0.29, 0.717) is 5.75 Å². The fourth-order valence-electron chi connectivity index (χ4n) is 2.24. The summed E-state index contributed by atoms with van der Waals surface area (Å²) in [4.78, 5) is 21.8. The Morgan fingerprint density at radius 1 is 0.913 bits per heavy atom. The van der Waals surface area contributed by atoms with Crippen LogP contribution in [0.2, 0.25) is 0 Å². The third kappa shape index (κ3) is 16.3. The monoisotopic (exact) mass is 363 g/mol. The van der Waals surface area contributed by atoms with Crippen molar-refractivity contribution < 1.29 is 14.7 Å². The van der Waals surface area contributed by atoms with Gasteiger partial charge in [0.05, 0.1) is 0 Å². The average molecular weight is 364 g/mol. The summed E-state index contributed by atoms with van der Waals surface area (Å²) < 4.78 is 0. The fraction of sp³-hybridized carbons (Fsp3) is 0.882. The van der Waals surface area contributed by atoms with Crippen LogP contribution in [-0.4, -0.2) is 34.5 Å². The zero-order chi connectivity index (χ0) is 17.3. The Kier molecular flexibility index (Phi) is 16.2. The van der Waals surface area contributed by atoms with Crippen molar-refractivity contribution >= 4 is 33.5 Å². The van der Waals surface area contributed by atoms with Gasteiger partial charge in [-0.25, -0.2) is 4.79 Å². The van der Waals surface area contributed by atoms with Crippen LogP contribution in [0.1, 0.15) is 78.1 Å². The molecule has 0 unspecified atom stereocenters. The van der Waals surface area contributed by atoms with Gasteiger partial charge in [-0.3, -0.25) is 4.79 Å². The smallest absolute Gasteiger partial charge is 0.327 e. The van der Waals surface area contributed by atoms with Crippen molar-refractivity contribution in [2.75, 3.05) is 11.5 Å². The Balaban J connectivity index is 3.32. The normalized spacial score (nSPS) is 12.1. The number of hydrogen-bond donors (Lipinski definition) is 2. The SMILES string of the molecule is CCCCCCCCCCCCSSC[C@H](NC(C)=O)C(=O)O. The number of rotatable bonds is 16. The van der Waals surface area contributed by atoms with Crippen LogP contribution in [0.15, 0.2) is 0 Å². The van der Waals surface area contributed by atoms with Gasteiger partial charge >= 0.3 is 5.97 Å². The highest BCUT2D eigenvalue weighted by Gasteiger charge is 2.17. The molecule has 0 rings (SSSR count). The number of carboxylic acids is 1. The van der Waals surface area contributed by atoms with Crippen LogP contribution in [-0.2, 0) is 9.59 Å². The average Bonchev–Trinajstić information content (AvgIpc) is 2.50. The molecule has 0 saturated heterocycles. The van der Waals surface area contributed by atoms with Crippen LogP contribution >= 0.6 is 21.6 Å². The van der Waals surface area contributed by atoms with Crippen molar-refractivity contribution in [3.05, 3.63) is 0 Å². The summed E-state index contributed by atoms with van der Waals surface area (Å²) >= 11 is 0. The molecule has 0 aliphatic carbocycles. The molecular weight excluding hydrogens is 330 g/mol. The summed E-state index contributed by atoms with van der Waals surface area (Å²) in [6, 6.07) is -0.780. The van der Waals surface area contributed by atoms with Crippen molar-refractivity contribution in [2.45, 2.75) is 84.1 Å². The lowest BCUT2D eigenvalue weighted by Gasteiger charge is -2.12. The molecule has 0 spiro atoms. The number of carbonyl (C=O) groups is 2. The molecule has 1 amide bonds. The number of aliphatic carboxylic acids is 1. The Morgan fingerprint density at radius 3 is 1.91 bits per heavy atom. The molecule has 0 aromatic carbocycles. The van der Waals surface area contributed by atoms with Crippen molar-refractivity contribution in [2.24, 2.45) is 0 Å². The van der Waals surface area contributed by atoms with E-state index in [-0.39, 0.29) is 5.91 Å². The molecule has 6 heteroatoms. The number of carboxylic acid groups (broad SMARTS) is 1. The van der Waals surface area contributed by atoms with Crippen molar-refractivity contribution in [1.82, 2.24) is 5.32 Å². The molecule has 0 radical (unpaired) electrons. The van der Waals surface area contributed by atoms with E-state index in [0.717, 1.165) is 5.75 Å². The first-order valence-electron chi connectivity index (χ1n) is 8.82. The highest BCUT2D eigenvalue weighted by atomic mass is 33.1. The molecule has 4 nitrogen and oxygen atoms in total. The molecule has 0 aliphatic rings. The highest BCUT2D eigenvalue weighted by molar-refractivity contribution is 8.76. The first-order valence-corrected chi connectivity index (χ1v) is 11.3. The minimum Gasteiger partial charge on any atom is -0.480 e. The minimum absolute atomic E-state index is 0.294. The Bertz CT molecular complexity index is 314. The summed E-state index contributed by atoms with van der Waals surface area (Å²) in [5, 5.41) is 11.4. The topological polar surface area (TPSA) is 66.4 Å².